The number of likely N-dealkylation sites (tertiary alicyclic amines) is 1. The van der Waals surface area contributed by atoms with Gasteiger partial charge in [-0.25, -0.2) is 0 Å². The van der Waals surface area contributed by atoms with Gasteiger partial charge in [0.05, 0.1) is 11.4 Å². The van der Waals surface area contributed by atoms with E-state index in [2.05, 4.69) is 15.9 Å². The fraction of sp³-hybridized carbons (Fsp3) is 0.500. The molecule has 1 atom stereocenters. The second-order valence-electron chi connectivity index (χ2n) is 5.03. The van der Waals surface area contributed by atoms with Crippen molar-refractivity contribution in [3.8, 4) is 0 Å². The van der Waals surface area contributed by atoms with Crippen molar-refractivity contribution in [1.29, 1.82) is 0 Å². The smallest absolute Gasteiger partial charge is 0.330 e. The highest BCUT2D eigenvalue weighted by atomic mass is 79.9. The molecular weight excluding hydrogens is 371 g/mol. The van der Waals surface area contributed by atoms with Crippen molar-refractivity contribution in [2.75, 3.05) is 6.54 Å². The number of nitrogens with zero attached hydrogens (tertiary/aromatic N) is 1. The Balaban J connectivity index is 2.16. The summed E-state index contributed by atoms with van der Waals surface area (Å²) in [5.74, 6) is -0.514. The van der Waals surface area contributed by atoms with Crippen LogP contribution in [0.2, 0.25) is 5.02 Å². The van der Waals surface area contributed by atoms with Crippen LogP contribution in [0.1, 0.15) is 24.8 Å². The highest BCUT2D eigenvalue weighted by molar-refractivity contribution is 9.10. The quantitative estimate of drug-likeness (QED) is 0.730. The van der Waals surface area contributed by atoms with Crippen LogP contribution >= 0.6 is 27.5 Å². The van der Waals surface area contributed by atoms with Crippen LogP contribution in [0.25, 0.3) is 0 Å². The van der Waals surface area contributed by atoms with Crippen molar-refractivity contribution < 1.29 is 18.0 Å². The first kappa shape index (κ1) is 16.6. The van der Waals surface area contributed by atoms with Gasteiger partial charge in [0.25, 0.3) is 0 Å². The van der Waals surface area contributed by atoms with Crippen LogP contribution in [-0.2, 0) is 11.2 Å². The molecule has 1 amide bonds. The first-order chi connectivity index (χ1) is 9.80. The van der Waals surface area contributed by atoms with Gasteiger partial charge < -0.3 is 4.90 Å². The van der Waals surface area contributed by atoms with Crippen LogP contribution in [0.15, 0.2) is 22.7 Å². The summed E-state index contributed by atoms with van der Waals surface area (Å²) in [5, 5.41) is 0.436. The molecule has 0 aromatic heterocycles. The van der Waals surface area contributed by atoms with E-state index in [-0.39, 0.29) is 19.4 Å². The molecule has 116 valence electrons. The summed E-state index contributed by atoms with van der Waals surface area (Å²) in [7, 11) is 0. The Morgan fingerprint density at radius 3 is 2.76 bits per heavy atom. The molecular formula is C14H14BrClF3NO. The molecule has 1 fully saturated rings. The highest BCUT2D eigenvalue weighted by Crippen LogP contribution is 2.33. The van der Waals surface area contributed by atoms with E-state index in [9.17, 15) is 18.0 Å². The Kier molecular flexibility index (Phi) is 5.20. The number of carbonyl (C=O) groups is 1. The van der Waals surface area contributed by atoms with Crippen LogP contribution < -0.4 is 0 Å². The molecule has 2 rings (SSSR count). The molecule has 0 N–H and O–H groups in total. The summed E-state index contributed by atoms with van der Waals surface area (Å²) < 4.78 is 39.6. The van der Waals surface area contributed by atoms with Crippen molar-refractivity contribution in [2.45, 2.75) is 37.9 Å². The minimum Gasteiger partial charge on any atom is -0.330 e. The molecule has 1 heterocycles. The molecule has 0 aliphatic carbocycles. The Hall–Kier alpha value is -0.750. The summed E-state index contributed by atoms with van der Waals surface area (Å²) in [6, 6.07) is 3.34. The summed E-state index contributed by atoms with van der Waals surface area (Å²) in [4.78, 5) is 13.2. The maximum atomic E-state index is 13.0. The normalized spacial score (nSPS) is 19.7. The van der Waals surface area contributed by atoms with E-state index in [1.165, 1.54) is 0 Å². The van der Waals surface area contributed by atoms with Crippen molar-refractivity contribution >= 4 is 33.4 Å². The third kappa shape index (κ3) is 3.92. The van der Waals surface area contributed by atoms with Crippen LogP contribution in [0, 0.1) is 0 Å². The monoisotopic (exact) mass is 383 g/mol. The molecule has 0 radical (unpaired) electrons. The largest absolute Gasteiger partial charge is 0.408 e. The molecule has 1 aliphatic heterocycles. The Morgan fingerprint density at radius 2 is 2.10 bits per heavy atom. The number of hydrogen-bond acceptors (Lipinski definition) is 1. The van der Waals surface area contributed by atoms with Gasteiger partial charge in [0.2, 0.25) is 5.91 Å². The van der Waals surface area contributed by atoms with Crippen molar-refractivity contribution in [1.82, 2.24) is 4.90 Å². The Bertz CT molecular complexity index is 535. The van der Waals surface area contributed by atoms with Gasteiger partial charge in [-0.2, -0.15) is 13.2 Å². The average molecular weight is 385 g/mol. The van der Waals surface area contributed by atoms with Gasteiger partial charge in [0, 0.05) is 11.0 Å². The van der Waals surface area contributed by atoms with Crippen LogP contribution in [0.4, 0.5) is 13.2 Å². The van der Waals surface area contributed by atoms with E-state index >= 15 is 0 Å². The Morgan fingerprint density at radius 1 is 1.38 bits per heavy atom. The van der Waals surface area contributed by atoms with E-state index in [1.54, 1.807) is 18.2 Å². The summed E-state index contributed by atoms with van der Waals surface area (Å²) >= 11 is 9.19. The molecule has 1 saturated heterocycles. The number of hydrogen-bond donors (Lipinski definition) is 0. The molecule has 7 heteroatoms. The van der Waals surface area contributed by atoms with E-state index in [4.69, 9.17) is 11.6 Å². The van der Waals surface area contributed by atoms with Gasteiger partial charge in [-0.15, -0.1) is 0 Å². The maximum Gasteiger partial charge on any atom is 0.408 e. The van der Waals surface area contributed by atoms with Gasteiger partial charge in [-0.1, -0.05) is 23.7 Å². The number of carbonyl (C=O) groups excluding carboxylic acids is 1. The van der Waals surface area contributed by atoms with E-state index in [1.807, 2.05) is 0 Å². The molecule has 1 aliphatic rings. The molecule has 0 saturated carbocycles. The third-order valence-corrected chi connectivity index (χ3v) is 5.05. The predicted molar refractivity (Wildman–Crippen MR) is 78.3 cm³/mol. The minimum absolute atomic E-state index is 0.0219. The second kappa shape index (κ2) is 6.57. The van der Waals surface area contributed by atoms with Gasteiger partial charge >= 0.3 is 6.18 Å². The number of alkyl halides is 3. The molecule has 21 heavy (non-hydrogen) atoms. The molecule has 1 aromatic carbocycles. The minimum atomic E-state index is -4.37. The summed E-state index contributed by atoms with van der Waals surface area (Å²) in [6.45, 7) is 0.154. The summed E-state index contributed by atoms with van der Waals surface area (Å²) in [6.07, 6.45) is -3.38. The molecule has 0 bridgehead atoms. The first-order valence-corrected chi connectivity index (χ1v) is 7.77. The maximum absolute atomic E-state index is 13.0. The number of halogens is 5. The van der Waals surface area contributed by atoms with Gasteiger partial charge in [-0.3, -0.25) is 4.79 Å². The van der Waals surface area contributed by atoms with Crippen molar-refractivity contribution in [2.24, 2.45) is 0 Å². The second-order valence-corrected chi connectivity index (χ2v) is 6.23. The lowest BCUT2D eigenvalue weighted by molar-refractivity contribution is -0.195. The summed E-state index contributed by atoms with van der Waals surface area (Å²) in [5.41, 5.74) is 0.596. The number of benzene rings is 1. The first-order valence-electron chi connectivity index (χ1n) is 6.60. The van der Waals surface area contributed by atoms with Gasteiger partial charge in [0.15, 0.2) is 0 Å². The fourth-order valence-corrected chi connectivity index (χ4v) is 3.12. The van der Waals surface area contributed by atoms with Crippen molar-refractivity contribution in [3.05, 3.63) is 33.3 Å². The van der Waals surface area contributed by atoms with Gasteiger partial charge in [0.1, 0.15) is 6.04 Å². The van der Waals surface area contributed by atoms with E-state index in [0.29, 0.717) is 27.9 Å². The van der Waals surface area contributed by atoms with Crippen LogP contribution in [-0.4, -0.2) is 29.6 Å². The van der Waals surface area contributed by atoms with Crippen LogP contribution in [0.3, 0.4) is 0 Å². The Labute approximate surface area is 134 Å². The molecule has 0 spiro atoms. The van der Waals surface area contributed by atoms with Gasteiger partial charge in [-0.05, 0) is 46.8 Å². The zero-order valence-electron chi connectivity index (χ0n) is 11.1. The zero-order chi connectivity index (χ0) is 15.6. The van der Waals surface area contributed by atoms with Crippen molar-refractivity contribution in [3.63, 3.8) is 0 Å². The van der Waals surface area contributed by atoms with E-state index < -0.39 is 18.1 Å². The fourth-order valence-electron chi connectivity index (χ4n) is 2.52. The third-order valence-electron chi connectivity index (χ3n) is 3.57. The number of amides is 1. The lowest BCUT2D eigenvalue weighted by atomic mass is 10.0. The highest BCUT2D eigenvalue weighted by Gasteiger charge is 2.46. The number of rotatable bonds is 2. The topological polar surface area (TPSA) is 20.3 Å². The standard InChI is InChI=1S/C14H14BrClF3NO/c15-13-9(4-3-5-10(13)16)8-12(21)20-7-2-1-6-11(20)14(17,18)19/h3-5,11H,1-2,6-8H2. The molecule has 1 aromatic rings. The van der Waals surface area contributed by atoms with Crippen LogP contribution in [0.5, 0.6) is 0 Å². The lowest BCUT2D eigenvalue weighted by Crippen LogP contribution is -2.51. The number of piperidine rings is 1. The lowest BCUT2D eigenvalue weighted by Gasteiger charge is -2.37. The average Bonchev–Trinajstić information content (AvgIpc) is 2.43. The zero-order valence-corrected chi connectivity index (χ0v) is 13.4. The molecule has 2 nitrogen and oxygen atoms in total. The molecule has 1 unspecified atom stereocenters. The SMILES string of the molecule is O=C(Cc1cccc(Cl)c1Br)N1CCCCC1C(F)(F)F. The van der Waals surface area contributed by atoms with E-state index in [0.717, 1.165) is 4.90 Å². The predicted octanol–water partition coefficient (Wildman–Crippen LogP) is 4.59.